The highest BCUT2D eigenvalue weighted by Crippen LogP contribution is 2.34. The number of methoxy groups -OCH3 is 1. The Kier molecular flexibility index (Phi) is 6.51. The molecule has 1 saturated heterocycles. The summed E-state index contributed by atoms with van der Waals surface area (Å²) in [7, 11) is -2.75. The summed E-state index contributed by atoms with van der Waals surface area (Å²) in [5.74, 6) is -0.0226. The van der Waals surface area contributed by atoms with Gasteiger partial charge in [-0.25, -0.2) is 8.42 Å². The maximum atomic E-state index is 13.1. The molecular formula is C24H23N3O6S. The van der Waals surface area contributed by atoms with E-state index in [2.05, 4.69) is 4.72 Å². The Hall–Kier alpha value is -3.92. The van der Waals surface area contributed by atoms with Gasteiger partial charge in [-0.05, 0) is 48.7 Å². The van der Waals surface area contributed by atoms with Crippen LogP contribution in [-0.2, 0) is 10.0 Å². The predicted molar refractivity (Wildman–Crippen MR) is 126 cm³/mol. The van der Waals surface area contributed by atoms with Gasteiger partial charge in [0.1, 0.15) is 5.75 Å². The zero-order chi connectivity index (χ0) is 24.3. The number of carbonyl (C=O) groups is 1. The van der Waals surface area contributed by atoms with Crippen LogP contribution in [0.25, 0.3) is 0 Å². The van der Waals surface area contributed by atoms with Gasteiger partial charge in [0.25, 0.3) is 21.6 Å². The highest BCUT2D eigenvalue weighted by molar-refractivity contribution is 7.92. The largest absolute Gasteiger partial charge is 0.495 e. The van der Waals surface area contributed by atoms with E-state index in [0.717, 1.165) is 24.5 Å². The topological polar surface area (TPSA) is 119 Å². The van der Waals surface area contributed by atoms with Crippen molar-refractivity contribution in [1.29, 1.82) is 0 Å². The Morgan fingerprint density at radius 1 is 1.09 bits per heavy atom. The molecule has 4 rings (SSSR count). The maximum Gasteiger partial charge on any atom is 0.271 e. The fraction of sp³-hybridized carbons (Fsp3) is 0.208. The Morgan fingerprint density at radius 2 is 1.79 bits per heavy atom. The average Bonchev–Trinajstić information content (AvgIpc) is 3.34. The van der Waals surface area contributed by atoms with Crippen molar-refractivity contribution in [1.82, 2.24) is 4.90 Å². The van der Waals surface area contributed by atoms with Gasteiger partial charge < -0.3 is 9.64 Å². The highest BCUT2D eigenvalue weighted by atomic mass is 32.2. The minimum absolute atomic E-state index is 0.0138. The fourth-order valence-electron chi connectivity index (χ4n) is 4.07. The lowest BCUT2D eigenvalue weighted by atomic mass is 10.0. The van der Waals surface area contributed by atoms with E-state index in [-0.39, 0.29) is 34.0 Å². The molecule has 0 unspecified atom stereocenters. The van der Waals surface area contributed by atoms with Gasteiger partial charge in [-0.1, -0.05) is 30.3 Å². The molecule has 0 radical (unpaired) electrons. The van der Waals surface area contributed by atoms with Gasteiger partial charge in [-0.3, -0.25) is 19.6 Å². The number of nitro benzene ring substituents is 1. The first-order valence-corrected chi connectivity index (χ1v) is 12.1. The number of amides is 1. The van der Waals surface area contributed by atoms with E-state index in [0.29, 0.717) is 12.1 Å². The van der Waals surface area contributed by atoms with Crippen molar-refractivity contribution >= 4 is 27.3 Å². The van der Waals surface area contributed by atoms with Crippen molar-refractivity contribution in [3.05, 3.63) is 94.0 Å². The van der Waals surface area contributed by atoms with Crippen molar-refractivity contribution < 1.29 is 22.9 Å². The third-order valence-corrected chi connectivity index (χ3v) is 7.13. The average molecular weight is 482 g/mol. The normalized spacial score (nSPS) is 15.7. The number of likely N-dealkylation sites (tertiary alicyclic amines) is 1. The van der Waals surface area contributed by atoms with E-state index in [1.807, 2.05) is 35.2 Å². The second-order valence-electron chi connectivity index (χ2n) is 7.84. The SMILES string of the molecule is COc1ccc([N+](=O)[O-])cc1NS(=O)(=O)c1ccc(C(=O)N2CCC[C@@H]2c2ccccc2)cc1. The lowest BCUT2D eigenvalue weighted by Gasteiger charge is -2.25. The van der Waals surface area contributed by atoms with Crippen molar-refractivity contribution in [3.8, 4) is 5.75 Å². The van der Waals surface area contributed by atoms with Crippen LogP contribution in [0.2, 0.25) is 0 Å². The van der Waals surface area contributed by atoms with Crippen molar-refractivity contribution in [3.63, 3.8) is 0 Å². The molecule has 0 aliphatic carbocycles. The van der Waals surface area contributed by atoms with Crippen LogP contribution in [-0.4, -0.2) is 37.8 Å². The van der Waals surface area contributed by atoms with Crippen LogP contribution in [0.5, 0.6) is 5.75 Å². The zero-order valence-electron chi connectivity index (χ0n) is 18.4. The molecule has 3 aromatic rings. The Bertz CT molecular complexity index is 1310. The summed E-state index contributed by atoms with van der Waals surface area (Å²) >= 11 is 0. The van der Waals surface area contributed by atoms with Gasteiger partial charge in [0.2, 0.25) is 0 Å². The number of nitro groups is 1. The van der Waals surface area contributed by atoms with Crippen LogP contribution in [0.1, 0.15) is 34.8 Å². The maximum absolute atomic E-state index is 13.1. The minimum Gasteiger partial charge on any atom is -0.495 e. The van der Waals surface area contributed by atoms with Gasteiger partial charge in [0.15, 0.2) is 0 Å². The minimum atomic E-state index is -4.08. The first kappa shape index (κ1) is 23.2. The van der Waals surface area contributed by atoms with Crippen LogP contribution in [0.4, 0.5) is 11.4 Å². The number of hydrogen-bond acceptors (Lipinski definition) is 6. The number of hydrogen-bond donors (Lipinski definition) is 1. The number of non-ortho nitro benzene ring substituents is 1. The predicted octanol–water partition coefficient (Wildman–Crippen LogP) is 4.38. The van der Waals surface area contributed by atoms with E-state index in [1.54, 1.807) is 0 Å². The van der Waals surface area contributed by atoms with Gasteiger partial charge in [-0.15, -0.1) is 0 Å². The number of carbonyl (C=O) groups excluding carboxylic acids is 1. The van der Waals surface area contributed by atoms with Crippen molar-refractivity contribution in [2.75, 3.05) is 18.4 Å². The standard InChI is InChI=1S/C24H23N3O6S/c1-33-23-14-11-19(27(29)30)16-21(23)25-34(31,32)20-12-9-18(10-13-20)24(28)26-15-5-8-22(26)17-6-3-2-4-7-17/h2-4,6-7,9-14,16,22,25H,5,8,15H2,1H3/t22-/m1/s1. The second kappa shape index (κ2) is 9.52. The van der Waals surface area contributed by atoms with E-state index in [1.165, 1.54) is 43.5 Å². The quantitative estimate of drug-likeness (QED) is 0.395. The second-order valence-corrected chi connectivity index (χ2v) is 9.52. The molecule has 0 aromatic heterocycles. The molecule has 9 nitrogen and oxygen atoms in total. The number of ether oxygens (including phenoxy) is 1. The lowest BCUT2D eigenvalue weighted by molar-refractivity contribution is -0.384. The summed E-state index contributed by atoms with van der Waals surface area (Å²) < 4.78 is 33.2. The number of rotatable bonds is 7. The Morgan fingerprint density at radius 3 is 2.44 bits per heavy atom. The number of anilines is 1. The van der Waals surface area contributed by atoms with Crippen LogP contribution in [0.3, 0.4) is 0 Å². The molecule has 0 spiro atoms. The third kappa shape index (κ3) is 4.72. The first-order valence-electron chi connectivity index (χ1n) is 10.6. The smallest absolute Gasteiger partial charge is 0.271 e. The monoisotopic (exact) mass is 481 g/mol. The van der Waals surface area contributed by atoms with E-state index >= 15 is 0 Å². The molecule has 0 saturated carbocycles. The molecule has 1 amide bonds. The number of sulfonamides is 1. The zero-order valence-corrected chi connectivity index (χ0v) is 19.2. The van der Waals surface area contributed by atoms with Crippen molar-refractivity contribution in [2.24, 2.45) is 0 Å². The van der Waals surface area contributed by atoms with Gasteiger partial charge in [0, 0.05) is 24.2 Å². The lowest BCUT2D eigenvalue weighted by Crippen LogP contribution is -2.30. The molecule has 0 bridgehead atoms. The molecule has 34 heavy (non-hydrogen) atoms. The molecule has 3 aromatic carbocycles. The number of nitrogens with zero attached hydrogens (tertiary/aromatic N) is 2. The van der Waals surface area contributed by atoms with Crippen LogP contribution in [0.15, 0.2) is 77.7 Å². The first-order chi connectivity index (χ1) is 16.3. The Labute approximate surface area is 197 Å². The van der Waals surface area contributed by atoms with E-state index in [9.17, 15) is 23.3 Å². The summed E-state index contributed by atoms with van der Waals surface area (Å²) in [5, 5.41) is 11.1. The molecule has 1 heterocycles. The molecule has 10 heteroatoms. The molecular weight excluding hydrogens is 458 g/mol. The molecule has 176 valence electrons. The van der Waals surface area contributed by atoms with Gasteiger partial charge in [-0.2, -0.15) is 0 Å². The number of benzene rings is 3. The highest BCUT2D eigenvalue weighted by Gasteiger charge is 2.30. The molecule has 1 fully saturated rings. The van der Waals surface area contributed by atoms with Crippen LogP contribution in [0, 0.1) is 10.1 Å². The van der Waals surface area contributed by atoms with Gasteiger partial charge >= 0.3 is 0 Å². The van der Waals surface area contributed by atoms with Crippen LogP contribution < -0.4 is 9.46 Å². The summed E-state index contributed by atoms with van der Waals surface area (Å²) in [6.45, 7) is 0.632. The van der Waals surface area contributed by atoms with E-state index < -0.39 is 14.9 Å². The summed E-state index contributed by atoms with van der Waals surface area (Å²) in [6.07, 6.45) is 1.77. The molecule has 1 N–H and O–H groups in total. The van der Waals surface area contributed by atoms with E-state index in [4.69, 9.17) is 4.74 Å². The van der Waals surface area contributed by atoms with Crippen molar-refractivity contribution in [2.45, 2.75) is 23.8 Å². The molecule has 1 aliphatic heterocycles. The molecule has 1 aliphatic rings. The molecule has 1 atom stereocenters. The summed E-state index contributed by atoms with van der Waals surface area (Å²) in [4.78, 5) is 25.3. The van der Waals surface area contributed by atoms with Crippen LogP contribution >= 0.6 is 0 Å². The third-order valence-electron chi connectivity index (χ3n) is 5.75. The summed E-state index contributed by atoms with van der Waals surface area (Å²) in [6, 6.07) is 19.1. The Balaban J connectivity index is 1.55. The fourth-order valence-corrected chi connectivity index (χ4v) is 5.13. The number of nitrogens with one attached hydrogen (secondary N) is 1. The van der Waals surface area contributed by atoms with Gasteiger partial charge in [0.05, 0.1) is 28.7 Å². The summed E-state index contributed by atoms with van der Waals surface area (Å²) in [5.41, 5.74) is 1.12.